The molecule has 0 saturated carbocycles. The van der Waals surface area contributed by atoms with Gasteiger partial charge < -0.3 is 4.74 Å². The predicted molar refractivity (Wildman–Crippen MR) is 78.7 cm³/mol. The minimum Gasteiger partial charge on any atom is -0.497 e. The van der Waals surface area contributed by atoms with Gasteiger partial charge in [-0.05, 0) is 51.6 Å². The third-order valence-corrected chi connectivity index (χ3v) is 3.98. The van der Waals surface area contributed by atoms with Crippen molar-refractivity contribution in [3.63, 3.8) is 0 Å². The molecule has 0 N–H and O–H groups in total. The molecule has 92 valence electrons. The number of methoxy groups -OCH3 is 1. The summed E-state index contributed by atoms with van der Waals surface area (Å²) in [6.45, 7) is 0. The molecular weight excluding hydrogens is 232 g/mol. The van der Waals surface area contributed by atoms with Crippen LogP contribution in [0.4, 0.5) is 0 Å². The standard InChI is InChI=1S/C18H14O/c1-19-15-8-9-17-13(11-15)6-7-14-10-12-4-2-3-5-16(12)18(14)17/h2-9,11H,10H2,1H3. The van der Waals surface area contributed by atoms with Crippen LogP contribution in [0.5, 0.6) is 5.75 Å². The lowest BCUT2D eigenvalue weighted by molar-refractivity contribution is 0.415. The Labute approximate surface area is 112 Å². The molecule has 1 aliphatic carbocycles. The number of hydrogen-bond donors (Lipinski definition) is 0. The molecule has 0 aliphatic heterocycles. The zero-order valence-electron chi connectivity index (χ0n) is 10.8. The smallest absolute Gasteiger partial charge is 0.119 e. The molecule has 4 rings (SSSR count). The predicted octanol–water partition coefficient (Wildman–Crippen LogP) is 4.42. The van der Waals surface area contributed by atoms with Crippen molar-refractivity contribution < 1.29 is 4.74 Å². The lowest BCUT2D eigenvalue weighted by atomic mass is 9.98. The highest BCUT2D eigenvalue weighted by atomic mass is 16.5. The van der Waals surface area contributed by atoms with Crippen LogP contribution in [0, 0.1) is 0 Å². The van der Waals surface area contributed by atoms with Gasteiger partial charge >= 0.3 is 0 Å². The number of rotatable bonds is 1. The first-order valence-corrected chi connectivity index (χ1v) is 6.55. The average molecular weight is 246 g/mol. The van der Waals surface area contributed by atoms with Gasteiger partial charge in [-0.1, -0.05) is 42.5 Å². The SMILES string of the molecule is COc1ccc2c3c(ccc2c1)Cc1ccccc1-3. The van der Waals surface area contributed by atoms with E-state index in [9.17, 15) is 0 Å². The summed E-state index contributed by atoms with van der Waals surface area (Å²) in [6, 6.07) is 19.5. The molecule has 0 saturated heterocycles. The summed E-state index contributed by atoms with van der Waals surface area (Å²) in [4.78, 5) is 0. The summed E-state index contributed by atoms with van der Waals surface area (Å²) in [6.07, 6.45) is 1.05. The first-order valence-electron chi connectivity index (χ1n) is 6.55. The van der Waals surface area contributed by atoms with E-state index in [0.29, 0.717) is 0 Å². The van der Waals surface area contributed by atoms with Gasteiger partial charge in [0.05, 0.1) is 7.11 Å². The van der Waals surface area contributed by atoms with Gasteiger partial charge in [0.2, 0.25) is 0 Å². The normalized spacial score (nSPS) is 12.3. The fraction of sp³-hybridized carbons (Fsp3) is 0.111. The molecule has 0 aromatic heterocycles. The topological polar surface area (TPSA) is 9.23 Å². The van der Waals surface area contributed by atoms with Gasteiger partial charge in [-0.25, -0.2) is 0 Å². The molecule has 0 heterocycles. The van der Waals surface area contributed by atoms with Crippen LogP contribution in [0.1, 0.15) is 11.1 Å². The average Bonchev–Trinajstić information content (AvgIpc) is 2.85. The molecule has 0 unspecified atom stereocenters. The third-order valence-electron chi connectivity index (χ3n) is 3.98. The summed E-state index contributed by atoms with van der Waals surface area (Å²) in [5, 5.41) is 2.57. The summed E-state index contributed by atoms with van der Waals surface area (Å²) in [5.74, 6) is 0.915. The monoisotopic (exact) mass is 246 g/mol. The molecule has 3 aromatic rings. The maximum Gasteiger partial charge on any atom is 0.119 e. The van der Waals surface area contributed by atoms with E-state index in [4.69, 9.17) is 4.74 Å². The second-order valence-electron chi connectivity index (χ2n) is 5.02. The Morgan fingerprint density at radius 3 is 2.68 bits per heavy atom. The van der Waals surface area contributed by atoms with E-state index >= 15 is 0 Å². The molecule has 1 nitrogen and oxygen atoms in total. The summed E-state index contributed by atoms with van der Waals surface area (Å²) in [7, 11) is 1.71. The zero-order valence-corrected chi connectivity index (χ0v) is 10.8. The van der Waals surface area contributed by atoms with E-state index in [2.05, 4.69) is 48.5 Å². The van der Waals surface area contributed by atoms with Crippen molar-refractivity contribution in [3.05, 3.63) is 65.7 Å². The lowest BCUT2D eigenvalue weighted by Gasteiger charge is -2.08. The number of fused-ring (bicyclic) bond motifs is 5. The molecule has 0 atom stereocenters. The van der Waals surface area contributed by atoms with Crippen LogP contribution in [-0.4, -0.2) is 7.11 Å². The first-order chi connectivity index (χ1) is 9.36. The van der Waals surface area contributed by atoms with Gasteiger partial charge in [0.1, 0.15) is 5.75 Å². The molecule has 0 bridgehead atoms. The number of ether oxygens (including phenoxy) is 1. The molecule has 1 aliphatic rings. The van der Waals surface area contributed by atoms with Gasteiger partial charge in [0.15, 0.2) is 0 Å². The van der Waals surface area contributed by atoms with Gasteiger partial charge in [0, 0.05) is 0 Å². The van der Waals surface area contributed by atoms with Crippen molar-refractivity contribution >= 4 is 10.8 Å². The van der Waals surface area contributed by atoms with Gasteiger partial charge in [-0.3, -0.25) is 0 Å². The maximum absolute atomic E-state index is 5.31. The fourth-order valence-electron chi connectivity index (χ4n) is 3.07. The van der Waals surface area contributed by atoms with Crippen LogP contribution >= 0.6 is 0 Å². The number of benzene rings is 3. The highest BCUT2D eigenvalue weighted by Crippen LogP contribution is 2.41. The largest absolute Gasteiger partial charge is 0.497 e. The molecule has 0 radical (unpaired) electrons. The highest BCUT2D eigenvalue weighted by Gasteiger charge is 2.19. The van der Waals surface area contributed by atoms with Crippen molar-refractivity contribution in [3.8, 4) is 16.9 Å². The molecule has 0 amide bonds. The Morgan fingerprint density at radius 1 is 0.895 bits per heavy atom. The molecule has 1 heteroatoms. The second-order valence-corrected chi connectivity index (χ2v) is 5.02. The highest BCUT2D eigenvalue weighted by molar-refractivity contribution is 6.01. The quantitative estimate of drug-likeness (QED) is 0.483. The summed E-state index contributed by atoms with van der Waals surface area (Å²) < 4.78 is 5.31. The van der Waals surface area contributed by atoms with E-state index in [1.54, 1.807) is 7.11 Å². The van der Waals surface area contributed by atoms with Crippen LogP contribution in [0.25, 0.3) is 21.9 Å². The minimum absolute atomic E-state index is 0.915. The molecular formula is C18H14O. The van der Waals surface area contributed by atoms with Crippen molar-refractivity contribution in [1.82, 2.24) is 0 Å². The van der Waals surface area contributed by atoms with Crippen molar-refractivity contribution in [2.45, 2.75) is 6.42 Å². The van der Waals surface area contributed by atoms with E-state index in [0.717, 1.165) is 12.2 Å². The molecule has 3 aromatic carbocycles. The van der Waals surface area contributed by atoms with Crippen LogP contribution < -0.4 is 4.74 Å². The Balaban J connectivity index is 2.06. The fourth-order valence-corrected chi connectivity index (χ4v) is 3.07. The van der Waals surface area contributed by atoms with Crippen LogP contribution in [0.3, 0.4) is 0 Å². The molecule has 0 spiro atoms. The van der Waals surface area contributed by atoms with Crippen molar-refractivity contribution in [1.29, 1.82) is 0 Å². The van der Waals surface area contributed by atoms with E-state index < -0.39 is 0 Å². The van der Waals surface area contributed by atoms with Crippen molar-refractivity contribution in [2.24, 2.45) is 0 Å². The summed E-state index contributed by atoms with van der Waals surface area (Å²) >= 11 is 0. The second kappa shape index (κ2) is 3.86. The molecule has 19 heavy (non-hydrogen) atoms. The minimum atomic E-state index is 0.915. The van der Waals surface area contributed by atoms with Crippen molar-refractivity contribution in [2.75, 3.05) is 7.11 Å². The number of hydrogen-bond acceptors (Lipinski definition) is 1. The summed E-state index contributed by atoms with van der Waals surface area (Å²) in [5.41, 5.74) is 5.64. The van der Waals surface area contributed by atoms with Gasteiger partial charge in [0.25, 0.3) is 0 Å². The van der Waals surface area contributed by atoms with E-state index in [1.165, 1.54) is 33.0 Å². The Kier molecular flexibility index (Phi) is 2.16. The Bertz CT molecular complexity index is 787. The maximum atomic E-state index is 5.31. The van der Waals surface area contributed by atoms with Crippen LogP contribution in [0.15, 0.2) is 54.6 Å². The van der Waals surface area contributed by atoms with Gasteiger partial charge in [-0.15, -0.1) is 0 Å². The lowest BCUT2D eigenvalue weighted by Crippen LogP contribution is -1.85. The van der Waals surface area contributed by atoms with E-state index in [1.807, 2.05) is 6.07 Å². The zero-order chi connectivity index (χ0) is 12.8. The van der Waals surface area contributed by atoms with E-state index in [-0.39, 0.29) is 0 Å². The third kappa shape index (κ3) is 1.48. The van der Waals surface area contributed by atoms with Crippen LogP contribution in [0.2, 0.25) is 0 Å². The Morgan fingerprint density at radius 2 is 1.79 bits per heavy atom. The Hall–Kier alpha value is -2.28. The van der Waals surface area contributed by atoms with Crippen LogP contribution in [-0.2, 0) is 6.42 Å². The van der Waals surface area contributed by atoms with Gasteiger partial charge in [-0.2, -0.15) is 0 Å². The molecule has 0 fully saturated rings. The first kappa shape index (κ1) is 10.6.